The predicted octanol–water partition coefficient (Wildman–Crippen LogP) is 4.33. The molecule has 4 rings (SSSR count). The fraction of sp³-hybridized carbons (Fsp3) is 0.150. The summed E-state index contributed by atoms with van der Waals surface area (Å²) in [6.45, 7) is 0.0712. The molecule has 0 amide bonds. The van der Waals surface area contributed by atoms with Gasteiger partial charge in [-0.25, -0.2) is 18.7 Å². The van der Waals surface area contributed by atoms with Gasteiger partial charge in [0.25, 0.3) is 0 Å². The number of aromatic nitrogens is 4. The van der Waals surface area contributed by atoms with Crippen LogP contribution in [-0.2, 0) is 17.9 Å². The summed E-state index contributed by atoms with van der Waals surface area (Å²) in [5.74, 6) is -1.91. The molecule has 0 aliphatic heterocycles. The van der Waals surface area contributed by atoms with Crippen LogP contribution in [0.4, 0.5) is 8.78 Å². The Bertz CT molecular complexity index is 1190. The molecule has 29 heavy (non-hydrogen) atoms. The Morgan fingerprint density at radius 2 is 1.83 bits per heavy atom. The van der Waals surface area contributed by atoms with E-state index in [0.717, 1.165) is 12.1 Å². The highest BCUT2D eigenvalue weighted by atomic mass is 35.5. The number of rotatable bonds is 5. The normalized spacial score (nSPS) is 11.3. The lowest BCUT2D eigenvalue weighted by atomic mass is 10.1. The Labute approximate surface area is 169 Å². The summed E-state index contributed by atoms with van der Waals surface area (Å²) in [6.07, 6.45) is 0. The Hall–Kier alpha value is -3.10. The molecule has 0 fully saturated rings. The van der Waals surface area contributed by atoms with Crippen LogP contribution in [0, 0.1) is 11.6 Å². The maximum atomic E-state index is 14.2. The standard InChI is InChI=1S/C20H15ClF2N4O2/c1-29-10-11-6-18(21)25-20(24-11)19-13-4-2-3-5-17(13)27(26-19)9-14-15(22)7-12(28)8-16(14)23/h2-8,28H,9-10H2,1H3. The van der Waals surface area contributed by atoms with E-state index in [0.29, 0.717) is 22.3 Å². The number of phenols is 1. The zero-order valence-corrected chi connectivity index (χ0v) is 16.0. The minimum absolute atomic E-state index is 0.177. The molecule has 0 saturated heterocycles. The molecular formula is C20H15ClF2N4O2. The third-order valence-corrected chi connectivity index (χ3v) is 4.54. The SMILES string of the molecule is COCc1cc(Cl)nc(-c2nn(Cc3c(F)cc(O)cc3F)c3ccccc23)n1. The number of nitrogens with zero attached hydrogens (tertiary/aromatic N) is 4. The first-order valence-corrected chi connectivity index (χ1v) is 8.99. The molecule has 1 N–H and O–H groups in total. The Kier molecular flexibility index (Phi) is 5.12. The number of aromatic hydroxyl groups is 1. The summed E-state index contributed by atoms with van der Waals surface area (Å²) in [5, 5.41) is 14.8. The number of phenolic OH excluding ortho intramolecular Hbond substituents is 1. The maximum absolute atomic E-state index is 14.2. The topological polar surface area (TPSA) is 73.1 Å². The molecule has 0 aliphatic rings. The molecule has 0 unspecified atom stereocenters. The highest BCUT2D eigenvalue weighted by Gasteiger charge is 2.19. The zero-order valence-electron chi connectivity index (χ0n) is 15.2. The van der Waals surface area contributed by atoms with Crippen LogP contribution in [0.1, 0.15) is 11.3 Å². The van der Waals surface area contributed by atoms with Gasteiger partial charge in [0.15, 0.2) is 5.82 Å². The van der Waals surface area contributed by atoms with Crippen LogP contribution in [0.2, 0.25) is 5.15 Å². The van der Waals surface area contributed by atoms with Crippen molar-refractivity contribution in [2.45, 2.75) is 13.2 Å². The van der Waals surface area contributed by atoms with Crippen molar-refractivity contribution in [2.75, 3.05) is 7.11 Å². The fourth-order valence-electron chi connectivity index (χ4n) is 3.10. The molecule has 6 nitrogen and oxygen atoms in total. The summed E-state index contributed by atoms with van der Waals surface area (Å²) < 4.78 is 35.0. The van der Waals surface area contributed by atoms with E-state index in [1.165, 1.54) is 4.68 Å². The second kappa shape index (κ2) is 7.73. The van der Waals surface area contributed by atoms with E-state index in [1.807, 2.05) is 12.1 Å². The first kappa shape index (κ1) is 19.2. The van der Waals surface area contributed by atoms with E-state index in [-0.39, 0.29) is 29.7 Å². The molecule has 0 spiro atoms. The van der Waals surface area contributed by atoms with Gasteiger partial charge in [0.2, 0.25) is 0 Å². The second-order valence-corrected chi connectivity index (χ2v) is 6.74. The Morgan fingerprint density at radius 1 is 1.10 bits per heavy atom. The molecule has 148 valence electrons. The summed E-state index contributed by atoms with van der Waals surface area (Å²) in [4.78, 5) is 8.68. The highest BCUT2D eigenvalue weighted by molar-refractivity contribution is 6.29. The lowest BCUT2D eigenvalue weighted by Crippen LogP contribution is -2.06. The number of fused-ring (bicyclic) bond motifs is 1. The molecule has 4 aromatic rings. The van der Waals surface area contributed by atoms with Gasteiger partial charge in [-0.05, 0) is 12.1 Å². The predicted molar refractivity (Wildman–Crippen MR) is 104 cm³/mol. The van der Waals surface area contributed by atoms with Crippen LogP contribution in [0.5, 0.6) is 5.75 Å². The van der Waals surface area contributed by atoms with Crippen molar-refractivity contribution in [1.82, 2.24) is 19.7 Å². The van der Waals surface area contributed by atoms with E-state index >= 15 is 0 Å². The van der Waals surface area contributed by atoms with E-state index in [4.69, 9.17) is 16.3 Å². The maximum Gasteiger partial charge on any atom is 0.182 e. The first-order valence-electron chi connectivity index (χ1n) is 8.61. The zero-order chi connectivity index (χ0) is 20.5. The average Bonchev–Trinajstić information content (AvgIpc) is 3.03. The molecule has 2 aromatic carbocycles. The van der Waals surface area contributed by atoms with Gasteiger partial charge in [0.05, 0.1) is 24.4 Å². The van der Waals surface area contributed by atoms with E-state index in [1.54, 1.807) is 25.3 Å². The van der Waals surface area contributed by atoms with Gasteiger partial charge in [0, 0.05) is 30.2 Å². The van der Waals surface area contributed by atoms with Crippen molar-refractivity contribution < 1.29 is 18.6 Å². The van der Waals surface area contributed by atoms with Gasteiger partial charge >= 0.3 is 0 Å². The van der Waals surface area contributed by atoms with Gasteiger partial charge in [0.1, 0.15) is 28.2 Å². The summed E-state index contributed by atoms with van der Waals surface area (Å²) in [7, 11) is 1.54. The Balaban J connectivity index is 1.85. The summed E-state index contributed by atoms with van der Waals surface area (Å²) in [5.41, 5.74) is 1.44. The van der Waals surface area contributed by atoms with E-state index in [2.05, 4.69) is 15.1 Å². The molecule has 2 aromatic heterocycles. The number of halogens is 3. The van der Waals surface area contributed by atoms with Crippen molar-refractivity contribution in [2.24, 2.45) is 0 Å². The van der Waals surface area contributed by atoms with Crippen molar-refractivity contribution in [1.29, 1.82) is 0 Å². The molecule has 0 bridgehead atoms. The minimum atomic E-state index is -0.856. The lowest BCUT2D eigenvalue weighted by Gasteiger charge is -2.07. The van der Waals surface area contributed by atoms with Crippen molar-refractivity contribution >= 4 is 22.5 Å². The van der Waals surface area contributed by atoms with Crippen molar-refractivity contribution in [3.8, 4) is 17.3 Å². The van der Waals surface area contributed by atoms with E-state index < -0.39 is 17.4 Å². The first-order chi connectivity index (χ1) is 14.0. The molecule has 0 aliphatic carbocycles. The minimum Gasteiger partial charge on any atom is -0.508 e. The number of benzene rings is 2. The van der Waals surface area contributed by atoms with Crippen LogP contribution < -0.4 is 0 Å². The number of hydrogen-bond acceptors (Lipinski definition) is 5. The lowest BCUT2D eigenvalue weighted by molar-refractivity contribution is 0.181. The molecule has 0 radical (unpaired) electrons. The quantitative estimate of drug-likeness (QED) is 0.490. The van der Waals surface area contributed by atoms with Gasteiger partial charge < -0.3 is 9.84 Å². The summed E-state index contributed by atoms with van der Waals surface area (Å²) in [6, 6.07) is 10.5. The van der Waals surface area contributed by atoms with Gasteiger partial charge in [-0.2, -0.15) is 5.10 Å². The highest BCUT2D eigenvalue weighted by Crippen LogP contribution is 2.28. The third-order valence-electron chi connectivity index (χ3n) is 4.34. The van der Waals surface area contributed by atoms with Crippen LogP contribution in [0.3, 0.4) is 0 Å². The van der Waals surface area contributed by atoms with Crippen LogP contribution in [-0.4, -0.2) is 32.0 Å². The van der Waals surface area contributed by atoms with Gasteiger partial charge in [-0.1, -0.05) is 29.8 Å². The number of para-hydroxylation sites is 1. The number of methoxy groups -OCH3 is 1. The number of ether oxygens (including phenoxy) is 1. The average molecular weight is 417 g/mol. The van der Waals surface area contributed by atoms with Crippen LogP contribution in [0.25, 0.3) is 22.4 Å². The van der Waals surface area contributed by atoms with Crippen LogP contribution in [0.15, 0.2) is 42.5 Å². The van der Waals surface area contributed by atoms with Crippen LogP contribution >= 0.6 is 11.6 Å². The Morgan fingerprint density at radius 3 is 2.55 bits per heavy atom. The van der Waals surface area contributed by atoms with Gasteiger partial charge in [-0.15, -0.1) is 0 Å². The molecular weight excluding hydrogens is 402 g/mol. The molecule has 9 heteroatoms. The summed E-state index contributed by atoms with van der Waals surface area (Å²) >= 11 is 6.12. The fourth-order valence-corrected chi connectivity index (χ4v) is 3.30. The van der Waals surface area contributed by atoms with E-state index in [9.17, 15) is 13.9 Å². The smallest absolute Gasteiger partial charge is 0.182 e. The second-order valence-electron chi connectivity index (χ2n) is 6.35. The third kappa shape index (κ3) is 3.76. The number of hydrogen-bond donors (Lipinski definition) is 1. The van der Waals surface area contributed by atoms with Gasteiger partial charge in [-0.3, -0.25) is 4.68 Å². The molecule has 0 saturated carbocycles. The monoisotopic (exact) mass is 416 g/mol. The molecule has 0 atom stereocenters. The van der Waals surface area contributed by atoms with Crippen molar-refractivity contribution in [3.63, 3.8) is 0 Å². The largest absolute Gasteiger partial charge is 0.508 e. The molecule has 2 heterocycles. The van der Waals surface area contributed by atoms with Crippen molar-refractivity contribution in [3.05, 3.63) is 70.5 Å².